The number of hydrogen-bond donors (Lipinski definition) is 1. The molecule has 154 valence electrons. The number of benzene rings is 2. The van der Waals surface area contributed by atoms with Crippen LogP contribution < -0.4 is 5.32 Å². The highest BCUT2D eigenvalue weighted by molar-refractivity contribution is 9.10. The van der Waals surface area contributed by atoms with Crippen LogP contribution in [0.15, 0.2) is 59.1 Å². The van der Waals surface area contributed by atoms with E-state index in [0.717, 1.165) is 42.9 Å². The quantitative estimate of drug-likeness (QED) is 0.643. The van der Waals surface area contributed by atoms with Crippen LogP contribution >= 0.6 is 15.9 Å². The molecular weight excluding hydrogens is 424 g/mol. The van der Waals surface area contributed by atoms with Gasteiger partial charge in [0.05, 0.1) is 12.0 Å². The first-order valence-electron chi connectivity index (χ1n) is 11.0. The minimum atomic E-state index is 0.00244. The highest BCUT2D eigenvalue weighted by Gasteiger charge is 2.41. The van der Waals surface area contributed by atoms with E-state index in [1.807, 2.05) is 6.07 Å². The molecule has 0 saturated carbocycles. The summed E-state index contributed by atoms with van der Waals surface area (Å²) in [5.74, 6) is 1.26. The van der Waals surface area contributed by atoms with Crippen LogP contribution in [0.25, 0.3) is 0 Å². The summed E-state index contributed by atoms with van der Waals surface area (Å²) in [6.07, 6.45) is 4.69. The molecule has 2 aliphatic rings. The van der Waals surface area contributed by atoms with Gasteiger partial charge in [0.25, 0.3) is 0 Å². The summed E-state index contributed by atoms with van der Waals surface area (Å²) in [7, 11) is 0. The number of piperidine rings is 1. The number of nitrogens with one attached hydrogen (secondary N) is 1. The molecule has 2 heterocycles. The molecule has 3 unspecified atom stereocenters. The monoisotopic (exact) mass is 454 g/mol. The maximum Gasteiger partial charge on any atom is 0.228 e. The number of carbonyl (C=O) groups excluding carboxylic acids is 1. The van der Waals surface area contributed by atoms with Crippen LogP contribution in [-0.4, -0.2) is 30.4 Å². The molecule has 2 aromatic carbocycles. The smallest absolute Gasteiger partial charge is 0.228 e. The van der Waals surface area contributed by atoms with Crippen LogP contribution in [0, 0.1) is 11.8 Å². The van der Waals surface area contributed by atoms with Crippen molar-refractivity contribution in [2.75, 3.05) is 19.6 Å². The number of halogens is 1. The molecule has 4 rings (SSSR count). The third-order valence-corrected chi connectivity index (χ3v) is 7.43. The van der Waals surface area contributed by atoms with Gasteiger partial charge in [-0.05, 0) is 36.0 Å². The van der Waals surface area contributed by atoms with Crippen LogP contribution in [0.4, 0.5) is 0 Å². The van der Waals surface area contributed by atoms with Crippen molar-refractivity contribution < 1.29 is 4.79 Å². The molecule has 4 atom stereocenters. The average molecular weight is 455 g/mol. The number of amides is 1. The number of likely N-dealkylation sites (tertiary alicyclic amines) is 1. The Morgan fingerprint density at radius 2 is 1.86 bits per heavy atom. The van der Waals surface area contributed by atoms with Crippen molar-refractivity contribution in [1.29, 1.82) is 0 Å². The SMILES string of the molecule is CCCC1CCN(C(=O)[C@@H]2CNCC2c2ccccc2Br)C(c2ccccc2)C1. The van der Waals surface area contributed by atoms with E-state index >= 15 is 0 Å². The first kappa shape index (κ1) is 20.6. The molecule has 2 aliphatic heterocycles. The summed E-state index contributed by atoms with van der Waals surface area (Å²) in [5.41, 5.74) is 2.53. The predicted molar refractivity (Wildman–Crippen MR) is 122 cm³/mol. The Hall–Kier alpha value is -1.65. The molecule has 1 amide bonds. The Morgan fingerprint density at radius 1 is 1.10 bits per heavy atom. The third-order valence-electron chi connectivity index (χ3n) is 6.71. The van der Waals surface area contributed by atoms with Crippen LogP contribution in [0.1, 0.15) is 55.7 Å². The Balaban J connectivity index is 1.59. The number of nitrogens with zero attached hydrogens (tertiary/aromatic N) is 1. The largest absolute Gasteiger partial charge is 0.335 e. The van der Waals surface area contributed by atoms with E-state index in [2.05, 4.69) is 81.6 Å². The van der Waals surface area contributed by atoms with Crippen molar-refractivity contribution >= 4 is 21.8 Å². The van der Waals surface area contributed by atoms with Gasteiger partial charge in [-0.3, -0.25) is 4.79 Å². The van der Waals surface area contributed by atoms with E-state index in [1.54, 1.807) is 0 Å². The second kappa shape index (κ2) is 9.44. The number of rotatable bonds is 5. The van der Waals surface area contributed by atoms with Crippen LogP contribution in [0.2, 0.25) is 0 Å². The highest BCUT2D eigenvalue weighted by Crippen LogP contribution is 2.40. The van der Waals surface area contributed by atoms with E-state index in [9.17, 15) is 4.79 Å². The Kier molecular flexibility index (Phi) is 6.71. The fourth-order valence-electron chi connectivity index (χ4n) is 5.22. The van der Waals surface area contributed by atoms with Gasteiger partial charge in [0.2, 0.25) is 5.91 Å². The fraction of sp³-hybridized carbons (Fsp3) is 0.480. The maximum absolute atomic E-state index is 13.8. The second-order valence-electron chi connectivity index (χ2n) is 8.53. The van der Waals surface area contributed by atoms with Gasteiger partial charge < -0.3 is 10.2 Å². The van der Waals surface area contributed by atoms with Gasteiger partial charge in [0.1, 0.15) is 0 Å². The van der Waals surface area contributed by atoms with Gasteiger partial charge >= 0.3 is 0 Å². The molecule has 0 radical (unpaired) electrons. The molecule has 3 nitrogen and oxygen atoms in total. The standard InChI is InChI=1S/C25H31BrN2O/c1-2-8-18-13-14-28(24(15-18)19-9-4-3-5-10-19)25(29)22-17-27-16-21(22)20-11-6-7-12-23(20)26/h3-7,9-12,18,21-22,24,27H,2,8,13-17H2,1H3/t18?,21?,22-,24?/m1/s1. The fourth-order valence-corrected chi connectivity index (χ4v) is 5.80. The molecule has 1 N–H and O–H groups in total. The Morgan fingerprint density at radius 3 is 2.62 bits per heavy atom. The van der Waals surface area contributed by atoms with E-state index in [4.69, 9.17) is 0 Å². The minimum Gasteiger partial charge on any atom is -0.335 e. The van der Waals surface area contributed by atoms with Crippen LogP contribution in [-0.2, 0) is 4.79 Å². The van der Waals surface area contributed by atoms with Crippen molar-refractivity contribution in [1.82, 2.24) is 10.2 Å². The van der Waals surface area contributed by atoms with E-state index in [1.165, 1.54) is 24.0 Å². The minimum absolute atomic E-state index is 0.00244. The lowest BCUT2D eigenvalue weighted by Crippen LogP contribution is -2.45. The molecule has 0 bridgehead atoms. The zero-order valence-corrected chi connectivity index (χ0v) is 18.8. The lowest BCUT2D eigenvalue weighted by molar-refractivity contribution is -0.140. The van der Waals surface area contributed by atoms with Crippen molar-refractivity contribution in [3.05, 3.63) is 70.2 Å². The van der Waals surface area contributed by atoms with Crippen LogP contribution in [0.5, 0.6) is 0 Å². The summed E-state index contributed by atoms with van der Waals surface area (Å²) in [5, 5.41) is 3.48. The van der Waals surface area contributed by atoms with Gasteiger partial charge in [-0.2, -0.15) is 0 Å². The lowest BCUT2D eigenvalue weighted by Gasteiger charge is -2.41. The van der Waals surface area contributed by atoms with Gasteiger partial charge in [-0.15, -0.1) is 0 Å². The first-order chi connectivity index (χ1) is 14.2. The first-order valence-corrected chi connectivity index (χ1v) is 11.8. The van der Waals surface area contributed by atoms with E-state index in [0.29, 0.717) is 5.91 Å². The summed E-state index contributed by atoms with van der Waals surface area (Å²) < 4.78 is 1.10. The van der Waals surface area contributed by atoms with E-state index in [-0.39, 0.29) is 17.9 Å². The molecule has 2 aromatic rings. The van der Waals surface area contributed by atoms with Crippen LogP contribution in [0.3, 0.4) is 0 Å². The predicted octanol–water partition coefficient (Wildman–Crippen LogP) is 5.53. The molecular formula is C25H31BrN2O. The summed E-state index contributed by atoms with van der Waals surface area (Å²) >= 11 is 3.70. The number of hydrogen-bond acceptors (Lipinski definition) is 2. The Labute approximate surface area is 183 Å². The molecule has 0 spiro atoms. The third kappa shape index (κ3) is 4.44. The molecule has 4 heteroatoms. The normalized spacial score (nSPS) is 27.2. The molecule has 2 fully saturated rings. The van der Waals surface area contributed by atoms with Crippen molar-refractivity contribution in [2.24, 2.45) is 11.8 Å². The molecule has 0 aliphatic carbocycles. The van der Waals surface area contributed by atoms with Gasteiger partial charge in [0.15, 0.2) is 0 Å². The molecule has 29 heavy (non-hydrogen) atoms. The summed E-state index contributed by atoms with van der Waals surface area (Å²) in [6.45, 7) is 4.77. The topological polar surface area (TPSA) is 32.3 Å². The zero-order chi connectivity index (χ0) is 20.2. The van der Waals surface area contributed by atoms with Crippen molar-refractivity contribution in [3.8, 4) is 0 Å². The van der Waals surface area contributed by atoms with E-state index < -0.39 is 0 Å². The van der Waals surface area contributed by atoms with Crippen molar-refractivity contribution in [3.63, 3.8) is 0 Å². The summed E-state index contributed by atoms with van der Waals surface area (Å²) in [4.78, 5) is 16.0. The van der Waals surface area contributed by atoms with Gasteiger partial charge in [-0.1, -0.05) is 84.2 Å². The Bertz CT molecular complexity index is 825. The number of carbonyl (C=O) groups is 1. The maximum atomic E-state index is 13.8. The zero-order valence-electron chi connectivity index (χ0n) is 17.2. The average Bonchev–Trinajstić information content (AvgIpc) is 3.24. The van der Waals surface area contributed by atoms with Gasteiger partial charge in [-0.25, -0.2) is 0 Å². The van der Waals surface area contributed by atoms with Gasteiger partial charge in [0, 0.05) is 30.0 Å². The summed E-state index contributed by atoms with van der Waals surface area (Å²) in [6, 6.07) is 19.2. The highest BCUT2D eigenvalue weighted by atomic mass is 79.9. The van der Waals surface area contributed by atoms with Crippen molar-refractivity contribution in [2.45, 2.75) is 44.6 Å². The molecule has 0 aromatic heterocycles. The lowest BCUT2D eigenvalue weighted by atomic mass is 9.82. The second-order valence-corrected chi connectivity index (χ2v) is 9.38. The molecule has 2 saturated heterocycles.